The van der Waals surface area contributed by atoms with E-state index in [1.54, 1.807) is 30.3 Å². The van der Waals surface area contributed by atoms with Crippen LogP contribution in [0, 0.1) is 5.82 Å². The highest BCUT2D eigenvalue weighted by molar-refractivity contribution is 9.10. The number of benzene rings is 2. The molecule has 102 valence electrons. The second-order valence-electron chi connectivity index (χ2n) is 4.80. The topological polar surface area (TPSA) is 26.3 Å². The molecule has 0 spiro atoms. The van der Waals surface area contributed by atoms with E-state index < -0.39 is 5.82 Å². The van der Waals surface area contributed by atoms with Crippen molar-refractivity contribution >= 4 is 21.7 Å². The lowest BCUT2D eigenvalue weighted by Crippen LogP contribution is -2.02. The Morgan fingerprint density at radius 2 is 1.75 bits per heavy atom. The Kier molecular flexibility index (Phi) is 3.57. The third-order valence-electron chi connectivity index (χ3n) is 3.13. The molecule has 0 bridgehead atoms. The average molecular weight is 335 g/mol. The summed E-state index contributed by atoms with van der Waals surface area (Å²) in [5.41, 5.74) is 0.858. The van der Waals surface area contributed by atoms with Gasteiger partial charge in [-0.2, -0.15) is 0 Å². The van der Waals surface area contributed by atoms with Gasteiger partial charge in [0.2, 0.25) is 0 Å². The smallest absolute Gasteiger partial charge is 0.193 e. The van der Waals surface area contributed by atoms with Crippen molar-refractivity contribution in [1.82, 2.24) is 0 Å². The third kappa shape index (κ3) is 2.90. The molecule has 0 aromatic heterocycles. The Labute approximate surface area is 124 Å². The van der Waals surface area contributed by atoms with Crippen LogP contribution in [0.4, 0.5) is 4.39 Å². The van der Waals surface area contributed by atoms with Crippen LogP contribution in [0.2, 0.25) is 0 Å². The second kappa shape index (κ2) is 5.37. The van der Waals surface area contributed by atoms with Gasteiger partial charge in [0, 0.05) is 11.1 Å². The molecule has 0 radical (unpaired) electrons. The van der Waals surface area contributed by atoms with Crippen LogP contribution in [0.1, 0.15) is 28.8 Å². The summed E-state index contributed by atoms with van der Waals surface area (Å²) in [6.45, 7) is 0. The molecule has 0 atom stereocenters. The van der Waals surface area contributed by atoms with E-state index in [9.17, 15) is 9.18 Å². The predicted octanol–water partition coefficient (Wildman–Crippen LogP) is 4.36. The highest BCUT2D eigenvalue weighted by Crippen LogP contribution is 2.27. The molecule has 0 N–H and O–H groups in total. The maximum Gasteiger partial charge on any atom is 0.193 e. The van der Waals surface area contributed by atoms with Crippen molar-refractivity contribution in [2.45, 2.75) is 18.9 Å². The number of ether oxygens (including phenoxy) is 1. The van der Waals surface area contributed by atoms with Gasteiger partial charge in [0.15, 0.2) is 5.78 Å². The van der Waals surface area contributed by atoms with E-state index in [1.807, 2.05) is 0 Å². The van der Waals surface area contributed by atoms with Crippen molar-refractivity contribution < 1.29 is 13.9 Å². The van der Waals surface area contributed by atoms with Gasteiger partial charge in [0.1, 0.15) is 11.6 Å². The van der Waals surface area contributed by atoms with Crippen molar-refractivity contribution in [1.29, 1.82) is 0 Å². The van der Waals surface area contributed by atoms with E-state index in [2.05, 4.69) is 15.9 Å². The molecule has 0 saturated heterocycles. The van der Waals surface area contributed by atoms with Crippen molar-refractivity contribution in [2.24, 2.45) is 0 Å². The van der Waals surface area contributed by atoms with Crippen LogP contribution in [0.3, 0.4) is 0 Å². The predicted molar refractivity (Wildman–Crippen MR) is 77.6 cm³/mol. The molecule has 0 aliphatic heterocycles. The molecule has 2 nitrogen and oxygen atoms in total. The highest BCUT2D eigenvalue weighted by atomic mass is 79.9. The summed E-state index contributed by atoms with van der Waals surface area (Å²) in [7, 11) is 0. The first-order valence-electron chi connectivity index (χ1n) is 6.40. The molecule has 20 heavy (non-hydrogen) atoms. The summed E-state index contributed by atoms with van der Waals surface area (Å²) in [6, 6.07) is 11.3. The molecule has 1 saturated carbocycles. The fraction of sp³-hybridized carbons (Fsp3) is 0.188. The van der Waals surface area contributed by atoms with E-state index in [0.29, 0.717) is 21.7 Å². The van der Waals surface area contributed by atoms with Gasteiger partial charge in [0.05, 0.1) is 10.6 Å². The largest absolute Gasteiger partial charge is 0.490 e. The molecule has 4 heteroatoms. The molecule has 1 fully saturated rings. The molecular formula is C16H12BrFO2. The number of carbonyl (C=O) groups excluding carboxylic acids is 1. The second-order valence-corrected chi connectivity index (χ2v) is 5.65. The molecule has 0 heterocycles. The Bertz CT molecular complexity index is 648. The number of hydrogen-bond acceptors (Lipinski definition) is 2. The van der Waals surface area contributed by atoms with Gasteiger partial charge in [-0.1, -0.05) is 0 Å². The van der Waals surface area contributed by atoms with Gasteiger partial charge in [-0.05, 0) is 71.2 Å². The molecular weight excluding hydrogens is 323 g/mol. The Hall–Kier alpha value is -1.68. The maximum atomic E-state index is 13.5. The Morgan fingerprint density at radius 1 is 1.10 bits per heavy atom. The van der Waals surface area contributed by atoms with Crippen molar-refractivity contribution in [3.05, 3.63) is 63.9 Å². The molecule has 0 unspecified atom stereocenters. The van der Waals surface area contributed by atoms with Crippen molar-refractivity contribution in [3.63, 3.8) is 0 Å². The Balaban J connectivity index is 1.80. The van der Waals surface area contributed by atoms with Crippen molar-refractivity contribution in [3.8, 4) is 5.75 Å². The van der Waals surface area contributed by atoms with Crippen LogP contribution >= 0.6 is 15.9 Å². The summed E-state index contributed by atoms with van der Waals surface area (Å²) in [5.74, 6) is 0.130. The van der Waals surface area contributed by atoms with Gasteiger partial charge in [-0.3, -0.25) is 4.79 Å². The lowest BCUT2D eigenvalue weighted by Gasteiger charge is -2.06. The SMILES string of the molecule is O=C(c1ccc(OC2CC2)cc1)c1ccc(Br)c(F)c1. The lowest BCUT2D eigenvalue weighted by molar-refractivity contribution is 0.103. The van der Waals surface area contributed by atoms with E-state index in [4.69, 9.17) is 4.74 Å². The number of hydrogen-bond donors (Lipinski definition) is 0. The third-order valence-corrected chi connectivity index (χ3v) is 3.77. The fourth-order valence-corrected chi connectivity index (χ4v) is 2.11. The Morgan fingerprint density at radius 3 is 2.35 bits per heavy atom. The zero-order chi connectivity index (χ0) is 14.1. The fourth-order valence-electron chi connectivity index (χ4n) is 1.87. The van der Waals surface area contributed by atoms with E-state index in [0.717, 1.165) is 18.6 Å². The molecule has 1 aliphatic rings. The zero-order valence-corrected chi connectivity index (χ0v) is 12.2. The van der Waals surface area contributed by atoms with Gasteiger partial charge in [-0.25, -0.2) is 4.39 Å². The first kappa shape index (κ1) is 13.3. The number of carbonyl (C=O) groups is 1. The maximum absolute atomic E-state index is 13.5. The first-order chi connectivity index (χ1) is 9.63. The van der Waals surface area contributed by atoms with E-state index in [1.165, 1.54) is 12.1 Å². The molecule has 2 aromatic carbocycles. The number of rotatable bonds is 4. The summed E-state index contributed by atoms with van der Waals surface area (Å²) in [5, 5.41) is 0. The van der Waals surface area contributed by atoms with Crippen LogP contribution in [0.15, 0.2) is 46.9 Å². The monoisotopic (exact) mass is 334 g/mol. The molecule has 1 aliphatic carbocycles. The summed E-state index contributed by atoms with van der Waals surface area (Å²) >= 11 is 3.07. The minimum Gasteiger partial charge on any atom is -0.490 e. The van der Waals surface area contributed by atoms with Crippen LogP contribution in [-0.4, -0.2) is 11.9 Å². The van der Waals surface area contributed by atoms with Gasteiger partial charge in [-0.15, -0.1) is 0 Å². The molecule has 0 amide bonds. The van der Waals surface area contributed by atoms with E-state index >= 15 is 0 Å². The summed E-state index contributed by atoms with van der Waals surface area (Å²) in [6.07, 6.45) is 2.52. The van der Waals surface area contributed by atoms with Crippen LogP contribution < -0.4 is 4.74 Å². The normalized spacial score (nSPS) is 14.1. The lowest BCUT2D eigenvalue weighted by atomic mass is 10.0. The number of halogens is 2. The summed E-state index contributed by atoms with van der Waals surface area (Å²) < 4.78 is 19.4. The van der Waals surface area contributed by atoms with Gasteiger partial charge >= 0.3 is 0 Å². The number of ketones is 1. The molecule has 2 aromatic rings. The van der Waals surface area contributed by atoms with Gasteiger partial charge < -0.3 is 4.74 Å². The van der Waals surface area contributed by atoms with Crippen molar-refractivity contribution in [2.75, 3.05) is 0 Å². The zero-order valence-electron chi connectivity index (χ0n) is 10.6. The quantitative estimate of drug-likeness (QED) is 0.776. The first-order valence-corrected chi connectivity index (χ1v) is 7.19. The van der Waals surface area contributed by atoms with E-state index in [-0.39, 0.29) is 5.78 Å². The van der Waals surface area contributed by atoms with Crippen LogP contribution in [0.25, 0.3) is 0 Å². The van der Waals surface area contributed by atoms with Crippen LogP contribution in [-0.2, 0) is 0 Å². The summed E-state index contributed by atoms with van der Waals surface area (Å²) in [4.78, 5) is 12.2. The molecule has 3 rings (SSSR count). The minimum absolute atomic E-state index is 0.200. The van der Waals surface area contributed by atoms with Gasteiger partial charge in [0.25, 0.3) is 0 Å². The minimum atomic E-state index is -0.440. The average Bonchev–Trinajstić information content (AvgIpc) is 3.26. The van der Waals surface area contributed by atoms with Crippen LogP contribution in [0.5, 0.6) is 5.75 Å². The highest BCUT2D eigenvalue weighted by Gasteiger charge is 2.23. The standard InChI is InChI=1S/C16H12BrFO2/c17-14-8-3-11(9-15(14)18)16(19)10-1-4-12(5-2-10)20-13-6-7-13/h1-5,8-9,13H,6-7H2.